The SMILES string of the molecule is ClOc1ccc(Cl)cc1Cl. The first-order valence-electron chi connectivity index (χ1n) is 2.47. The summed E-state index contributed by atoms with van der Waals surface area (Å²) in [7, 11) is 0. The van der Waals surface area contributed by atoms with E-state index in [4.69, 9.17) is 35.1 Å². The second-order valence-electron chi connectivity index (χ2n) is 1.65. The molecule has 1 aromatic rings. The first-order valence-corrected chi connectivity index (χ1v) is 3.54. The average molecular weight is 197 g/mol. The zero-order valence-electron chi connectivity index (χ0n) is 4.77. The molecule has 0 atom stereocenters. The fraction of sp³-hybridized carbons (Fsp3) is 0. The molecule has 0 radical (unpaired) electrons. The minimum atomic E-state index is 0.405. The molecule has 0 N–H and O–H groups in total. The first-order chi connectivity index (χ1) is 4.74. The van der Waals surface area contributed by atoms with E-state index in [1.807, 2.05) is 0 Å². The van der Waals surface area contributed by atoms with Gasteiger partial charge >= 0.3 is 0 Å². The first kappa shape index (κ1) is 7.99. The summed E-state index contributed by atoms with van der Waals surface area (Å²) < 4.78 is 4.38. The Morgan fingerprint density at radius 2 is 1.90 bits per heavy atom. The summed E-state index contributed by atoms with van der Waals surface area (Å²) in [5.74, 6) is 0.410. The van der Waals surface area contributed by atoms with Gasteiger partial charge < -0.3 is 4.29 Å². The third-order valence-corrected chi connectivity index (χ3v) is 1.67. The molecule has 0 spiro atoms. The quantitative estimate of drug-likeness (QED) is 0.669. The van der Waals surface area contributed by atoms with Crippen molar-refractivity contribution in [3.8, 4) is 5.75 Å². The zero-order valence-corrected chi connectivity index (χ0v) is 7.04. The van der Waals surface area contributed by atoms with Crippen molar-refractivity contribution < 1.29 is 4.29 Å². The minimum absolute atomic E-state index is 0.405. The third-order valence-electron chi connectivity index (χ3n) is 0.977. The van der Waals surface area contributed by atoms with Crippen molar-refractivity contribution in [2.45, 2.75) is 0 Å². The van der Waals surface area contributed by atoms with E-state index >= 15 is 0 Å². The van der Waals surface area contributed by atoms with Gasteiger partial charge in [-0.25, -0.2) is 0 Å². The van der Waals surface area contributed by atoms with Crippen LogP contribution in [0.5, 0.6) is 5.75 Å². The Morgan fingerprint density at radius 3 is 2.40 bits per heavy atom. The Bertz CT molecular complexity index is 236. The fourth-order valence-corrected chi connectivity index (χ4v) is 1.16. The molecule has 10 heavy (non-hydrogen) atoms. The van der Waals surface area contributed by atoms with Gasteiger partial charge in [-0.2, -0.15) is 0 Å². The molecule has 0 fully saturated rings. The lowest BCUT2D eigenvalue weighted by Gasteiger charge is -1.97. The Balaban J connectivity index is 3.07. The highest BCUT2D eigenvalue weighted by molar-refractivity contribution is 6.35. The second kappa shape index (κ2) is 3.33. The van der Waals surface area contributed by atoms with Gasteiger partial charge in [-0.1, -0.05) is 23.2 Å². The Morgan fingerprint density at radius 1 is 1.20 bits per heavy atom. The number of rotatable bonds is 1. The van der Waals surface area contributed by atoms with Crippen molar-refractivity contribution in [1.29, 1.82) is 0 Å². The maximum absolute atomic E-state index is 5.64. The fourth-order valence-electron chi connectivity index (χ4n) is 0.538. The second-order valence-corrected chi connectivity index (χ2v) is 2.65. The van der Waals surface area contributed by atoms with Gasteiger partial charge in [0, 0.05) is 5.02 Å². The molecule has 0 bridgehead atoms. The van der Waals surface area contributed by atoms with Crippen molar-refractivity contribution in [2.24, 2.45) is 0 Å². The monoisotopic (exact) mass is 196 g/mol. The number of hydrogen-bond donors (Lipinski definition) is 0. The number of halogens is 3. The third kappa shape index (κ3) is 1.69. The molecule has 4 heteroatoms. The molecule has 0 saturated heterocycles. The van der Waals surface area contributed by atoms with Gasteiger partial charge in [-0.05, 0) is 18.2 Å². The molecule has 0 aliphatic rings. The molecule has 0 aliphatic heterocycles. The van der Waals surface area contributed by atoms with E-state index in [0.717, 1.165) is 0 Å². The largest absolute Gasteiger partial charge is 0.384 e. The summed E-state index contributed by atoms with van der Waals surface area (Å²) in [4.78, 5) is 0. The van der Waals surface area contributed by atoms with Crippen molar-refractivity contribution in [1.82, 2.24) is 0 Å². The van der Waals surface area contributed by atoms with Crippen molar-refractivity contribution >= 4 is 35.1 Å². The van der Waals surface area contributed by atoms with Crippen LogP contribution in [0.4, 0.5) is 0 Å². The van der Waals surface area contributed by atoms with Gasteiger partial charge in [-0.15, -0.1) is 0 Å². The van der Waals surface area contributed by atoms with Crippen LogP contribution in [-0.2, 0) is 0 Å². The lowest BCUT2D eigenvalue weighted by Crippen LogP contribution is -1.75. The van der Waals surface area contributed by atoms with E-state index in [1.165, 1.54) is 0 Å². The van der Waals surface area contributed by atoms with Crippen LogP contribution in [0.3, 0.4) is 0 Å². The van der Waals surface area contributed by atoms with Crippen molar-refractivity contribution in [2.75, 3.05) is 0 Å². The van der Waals surface area contributed by atoms with Gasteiger partial charge in [0.25, 0.3) is 0 Å². The lowest BCUT2D eigenvalue weighted by atomic mass is 10.3. The minimum Gasteiger partial charge on any atom is -0.384 e. The van der Waals surface area contributed by atoms with Crippen LogP contribution >= 0.6 is 35.1 Å². The van der Waals surface area contributed by atoms with E-state index in [-0.39, 0.29) is 0 Å². The van der Waals surface area contributed by atoms with Gasteiger partial charge in [0.15, 0.2) is 5.75 Å². The van der Waals surface area contributed by atoms with Crippen LogP contribution in [-0.4, -0.2) is 0 Å². The van der Waals surface area contributed by atoms with E-state index in [2.05, 4.69) is 4.29 Å². The van der Waals surface area contributed by atoms with E-state index in [9.17, 15) is 0 Å². The molecule has 1 aromatic carbocycles. The summed E-state index contributed by atoms with van der Waals surface area (Å²) in [6.07, 6.45) is 0. The summed E-state index contributed by atoms with van der Waals surface area (Å²) in [6, 6.07) is 4.80. The van der Waals surface area contributed by atoms with Gasteiger partial charge in [-0.3, -0.25) is 0 Å². The highest BCUT2D eigenvalue weighted by Crippen LogP contribution is 2.27. The van der Waals surface area contributed by atoms with Crippen molar-refractivity contribution in [3.63, 3.8) is 0 Å². The zero-order chi connectivity index (χ0) is 7.56. The normalized spacial score (nSPS) is 9.50. The maximum atomic E-state index is 5.64. The van der Waals surface area contributed by atoms with Crippen molar-refractivity contribution in [3.05, 3.63) is 28.2 Å². The molecule has 54 valence electrons. The predicted molar refractivity (Wildman–Crippen MR) is 42.9 cm³/mol. The number of hydrogen-bond acceptors (Lipinski definition) is 1. The molecule has 0 amide bonds. The van der Waals surface area contributed by atoms with Crippen LogP contribution < -0.4 is 4.29 Å². The highest BCUT2D eigenvalue weighted by Gasteiger charge is 1.99. The van der Waals surface area contributed by atoms with Crippen LogP contribution in [0.1, 0.15) is 0 Å². The van der Waals surface area contributed by atoms with Gasteiger partial charge in [0.05, 0.1) is 5.02 Å². The molecule has 0 heterocycles. The van der Waals surface area contributed by atoms with Gasteiger partial charge in [0.1, 0.15) is 11.9 Å². The average Bonchev–Trinajstić information content (AvgIpc) is 1.88. The molecule has 0 aromatic heterocycles. The standard InChI is InChI=1S/C6H3Cl3O/c7-4-1-2-6(10-9)5(8)3-4/h1-3H. The Kier molecular flexibility index (Phi) is 2.66. The Hall–Kier alpha value is -0.110. The molecular formula is C6H3Cl3O. The smallest absolute Gasteiger partial charge is 0.165 e. The summed E-state index contributed by atoms with van der Waals surface area (Å²) in [6.45, 7) is 0. The Labute approximate surface area is 73.6 Å². The number of benzene rings is 1. The molecule has 1 rings (SSSR count). The maximum Gasteiger partial charge on any atom is 0.165 e. The predicted octanol–water partition coefficient (Wildman–Crippen LogP) is 3.53. The molecule has 0 aliphatic carbocycles. The van der Waals surface area contributed by atoms with E-state index in [1.54, 1.807) is 18.2 Å². The van der Waals surface area contributed by atoms with E-state index in [0.29, 0.717) is 15.8 Å². The molecule has 1 nitrogen and oxygen atoms in total. The van der Waals surface area contributed by atoms with Gasteiger partial charge in [0.2, 0.25) is 0 Å². The molecule has 0 saturated carbocycles. The van der Waals surface area contributed by atoms with E-state index < -0.39 is 0 Å². The summed E-state index contributed by atoms with van der Waals surface area (Å²) in [5.41, 5.74) is 0. The molecule has 0 unspecified atom stereocenters. The summed E-state index contributed by atoms with van der Waals surface area (Å²) in [5, 5.41) is 0.963. The topological polar surface area (TPSA) is 9.23 Å². The van der Waals surface area contributed by atoms with Crippen LogP contribution in [0.15, 0.2) is 18.2 Å². The van der Waals surface area contributed by atoms with Crippen LogP contribution in [0.25, 0.3) is 0 Å². The lowest BCUT2D eigenvalue weighted by molar-refractivity contribution is 0.619. The highest BCUT2D eigenvalue weighted by atomic mass is 35.5. The van der Waals surface area contributed by atoms with Crippen LogP contribution in [0.2, 0.25) is 10.0 Å². The molecular weight excluding hydrogens is 194 g/mol. The van der Waals surface area contributed by atoms with Crippen LogP contribution in [0, 0.1) is 0 Å². The summed E-state index contributed by atoms with van der Waals surface area (Å²) >= 11 is 16.3.